The zero-order chi connectivity index (χ0) is 9.23. The van der Waals surface area contributed by atoms with E-state index in [0.717, 1.165) is 6.61 Å². The average molecular weight is 284 g/mol. The van der Waals surface area contributed by atoms with Crippen molar-refractivity contribution in [3.8, 4) is 0 Å². The molecule has 0 heterocycles. The van der Waals surface area contributed by atoms with Crippen LogP contribution in [0.1, 0.15) is 46.0 Å². The summed E-state index contributed by atoms with van der Waals surface area (Å²) in [5, 5.41) is 0. The van der Waals surface area contributed by atoms with Gasteiger partial charge in [-0.25, -0.2) is 0 Å². The molecular formula is C10H21IO. The lowest BCUT2D eigenvalue weighted by Crippen LogP contribution is -2.14. The summed E-state index contributed by atoms with van der Waals surface area (Å²) in [4.78, 5) is 0. The topological polar surface area (TPSA) is 9.23 Å². The second-order valence-corrected chi connectivity index (χ2v) is 4.19. The monoisotopic (exact) mass is 284 g/mol. The first-order valence-electron chi connectivity index (χ1n) is 5.02. The number of hydrogen-bond acceptors (Lipinski definition) is 1. The first-order valence-corrected chi connectivity index (χ1v) is 6.55. The van der Waals surface area contributed by atoms with Gasteiger partial charge in [0.2, 0.25) is 0 Å². The van der Waals surface area contributed by atoms with Gasteiger partial charge in [0.25, 0.3) is 0 Å². The van der Waals surface area contributed by atoms with Gasteiger partial charge in [0.1, 0.15) is 0 Å². The Hall–Kier alpha value is 0.690. The van der Waals surface area contributed by atoms with Crippen molar-refractivity contribution in [1.29, 1.82) is 0 Å². The molecule has 0 aliphatic rings. The maximum atomic E-state index is 5.76. The molecule has 0 aromatic heterocycles. The number of ether oxygens (including phenoxy) is 1. The van der Waals surface area contributed by atoms with Crippen LogP contribution in [0.15, 0.2) is 0 Å². The van der Waals surface area contributed by atoms with Crippen LogP contribution < -0.4 is 0 Å². The van der Waals surface area contributed by atoms with Gasteiger partial charge in [0.05, 0.1) is 6.10 Å². The third kappa shape index (κ3) is 7.35. The lowest BCUT2D eigenvalue weighted by atomic mass is 10.1. The molecule has 0 aliphatic carbocycles. The second-order valence-electron chi connectivity index (χ2n) is 3.11. The van der Waals surface area contributed by atoms with Crippen molar-refractivity contribution in [3.63, 3.8) is 0 Å². The van der Waals surface area contributed by atoms with Gasteiger partial charge < -0.3 is 4.74 Å². The molecular weight excluding hydrogens is 263 g/mol. The highest BCUT2D eigenvalue weighted by atomic mass is 127. The van der Waals surface area contributed by atoms with Gasteiger partial charge in [0, 0.05) is 11.0 Å². The minimum atomic E-state index is 0.526. The maximum absolute atomic E-state index is 5.76. The molecule has 0 fully saturated rings. The molecule has 0 rings (SSSR count). The number of hydrogen-bond donors (Lipinski definition) is 0. The normalized spacial score (nSPS) is 13.2. The van der Waals surface area contributed by atoms with E-state index in [0.29, 0.717) is 6.10 Å². The van der Waals surface area contributed by atoms with Gasteiger partial charge in [-0.15, -0.1) is 0 Å². The van der Waals surface area contributed by atoms with E-state index in [2.05, 4.69) is 36.4 Å². The Morgan fingerprint density at radius 3 is 2.42 bits per heavy atom. The van der Waals surface area contributed by atoms with Crippen molar-refractivity contribution in [1.82, 2.24) is 0 Å². The summed E-state index contributed by atoms with van der Waals surface area (Å²) < 4.78 is 6.98. The molecule has 0 amide bonds. The van der Waals surface area contributed by atoms with Crippen LogP contribution in [0, 0.1) is 0 Å². The molecule has 0 saturated heterocycles. The predicted molar refractivity (Wildman–Crippen MR) is 63.1 cm³/mol. The molecule has 12 heavy (non-hydrogen) atoms. The van der Waals surface area contributed by atoms with Crippen LogP contribution in [0.5, 0.6) is 0 Å². The smallest absolute Gasteiger partial charge is 0.0582 e. The SMILES string of the molecule is CCCCOC(CCC)CCI. The fourth-order valence-corrected chi connectivity index (χ4v) is 1.84. The molecule has 0 bridgehead atoms. The standard InChI is InChI=1S/C10H21IO/c1-3-5-9-12-10(6-4-2)7-8-11/h10H,3-9H2,1-2H3. The summed E-state index contributed by atoms with van der Waals surface area (Å²) in [6.45, 7) is 5.39. The molecule has 0 radical (unpaired) electrons. The van der Waals surface area contributed by atoms with Crippen LogP contribution in [0.25, 0.3) is 0 Å². The third-order valence-electron chi connectivity index (χ3n) is 1.89. The Balaban J connectivity index is 3.34. The molecule has 74 valence electrons. The van der Waals surface area contributed by atoms with E-state index in [1.165, 1.54) is 36.5 Å². The van der Waals surface area contributed by atoms with E-state index in [1.807, 2.05) is 0 Å². The number of unbranched alkanes of at least 4 members (excludes halogenated alkanes) is 1. The van der Waals surface area contributed by atoms with Gasteiger partial charge in [0.15, 0.2) is 0 Å². The van der Waals surface area contributed by atoms with Crippen molar-refractivity contribution in [2.24, 2.45) is 0 Å². The molecule has 1 atom stereocenters. The van der Waals surface area contributed by atoms with Gasteiger partial charge in [-0.2, -0.15) is 0 Å². The van der Waals surface area contributed by atoms with Gasteiger partial charge >= 0.3 is 0 Å². The van der Waals surface area contributed by atoms with Crippen molar-refractivity contribution >= 4 is 22.6 Å². The van der Waals surface area contributed by atoms with Crippen molar-refractivity contribution < 1.29 is 4.74 Å². The molecule has 1 unspecified atom stereocenters. The minimum Gasteiger partial charge on any atom is -0.378 e. The van der Waals surface area contributed by atoms with E-state index in [-0.39, 0.29) is 0 Å². The summed E-state index contributed by atoms with van der Waals surface area (Å²) in [6.07, 6.45) is 6.67. The average Bonchev–Trinajstić information content (AvgIpc) is 2.06. The van der Waals surface area contributed by atoms with Crippen LogP contribution in [0.2, 0.25) is 0 Å². The van der Waals surface area contributed by atoms with E-state index < -0.39 is 0 Å². The third-order valence-corrected chi connectivity index (χ3v) is 2.52. The molecule has 1 nitrogen and oxygen atoms in total. The number of rotatable bonds is 8. The lowest BCUT2D eigenvalue weighted by Gasteiger charge is -2.15. The summed E-state index contributed by atoms with van der Waals surface area (Å²) >= 11 is 2.42. The molecule has 0 aromatic rings. The fraction of sp³-hybridized carbons (Fsp3) is 1.00. The summed E-state index contributed by atoms with van der Waals surface area (Å²) in [7, 11) is 0. The highest BCUT2D eigenvalue weighted by Crippen LogP contribution is 2.09. The number of alkyl halides is 1. The molecule has 0 aliphatic heterocycles. The predicted octanol–water partition coefficient (Wildman–Crippen LogP) is 3.80. The van der Waals surface area contributed by atoms with Gasteiger partial charge in [-0.3, -0.25) is 0 Å². The minimum absolute atomic E-state index is 0.526. The van der Waals surface area contributed by atoms with Crippen LogP contribution >= 0.6 is 22.6 Å². The Kier molecular flexibility index (Phi) is 10.3. The zero-order valence-corrected chi connectivity index (χ0v) is 10.5. The summed E-state index contributed by atoms with van der Waals surface area (Å²) in [5.41, 5.74) is 0. The van der Waals surface area contributed by atoms with Crippen molar-refractivity contribution in [2.75, 3.05) is 11.0 Å². The highest BCUT2D eigenvalue weighted by molar-refractivity contribution is 14.1. The Bertz CT molecular complexity index is 79.9. The van der Waals surface area contributed by atoms with Crippen molar-refractivity contribution in [2.45, 2.75) is 52.1 Å². The Morgan fingerprint density at radius 1 is 1.17 bits per heavy atom. The lowest BCUT2D eigenvalue weighted by molar-refractivity contribution is 0.0439. The largest absolute Gasteiger partial charge is 0.378 e. The fourth-order valence-electron chi connectivity index (χ4n) is 1.15. The molecule has 0 saturated carbocycles. The molecule has 0 N–H and O–H groups in total. The second kappa shape index (κ2) is 9.78. The molecule has 2 heteroatoms. The van der Waals surface area contributed by atoms with E-state index in [1.54, 1.807) is 0 Å². The van der Waals surface area contributed by atoms with Gasteiger partial charge in [-0.1, -0.05) is 49.3 Å². The van der Waals surface area contributed by atoms with E-state index in [4.69, 9.17) is 4.74 Å². The van der Waals surface area contributed by atoms with Gasteiger partial charge in [-0.05, 0) is 19.3 Å². The van der Waals surface area contributed by atoms with Crippen LogP contribution in [-0.2, 0) is 4.74 Å². The zero-order valence-electron chi connectivity index (χ0n) is 8.31. The summed E-state index contributed by atoms with van der Waals surface area (Å²) in [5.74, 6) is 0. The van der Waals surface area contributed by atoms with E-state index in [9.17, 15) is 0 Å². The van der Waals surface area contributed by atoms with Crippen molar-refractivity contribution in [3.05, 3.63) is 0 Å². The van der Waals surface area contributed by atoms with Crippen LogP contribution in [0.3, 0.4) is 0 Å². The molecule has 0 spiro atoms. The molecule has 0 aromatic carbocycles. The Labute approximate surface area is 90.4 Å². The van der Waals surface area contributed by atoms with E-state index >= 15 is 0 Å². The quantitative estimate of drug-likeness (QED) is 0.374. The highest BCUT2D eigenvalue weighted by Gasteiger charge is 2.05. The maximum Gasteiger partial charge on any atom is 0.0582 e. The first kappa shape index (κ1) is 12.7. The summed E-state index contributed by atoms with van der Waals surface area (Å²) in [6, 6.07) is 0. The van der Waals surface area contributed by atoms with Crippen LogP contribution in [0.4, 0.5) is 0 Å². The number of halogens is 1. The van der Waals surface area contributed by atoms with Crippen LogP contribution in [-0.4, -0.2) is 17.1 Å². The first-order chi connectivity index (χ1) is 5.85. The Morgan fingerprint density at radius 2 is 1.92 bits per heavy atom.